The molecule has 21 nitrogen and oxygen atoms in total. The van der Waals surface area contributed by atoms with E-state index in [4.69, 9.17) is 37.6 Å². The molecule has 0 aliphatic carbocycles. The van der Waals surface area contributed by atoms with Gasteiger partial charge >= 0.3 is 5.97 Å². The van der Waals surface area contributed by atoms with Gasteiger partial charge in [0.15, 0.2) is 46.4 Å². The predicted octanol–water partition coefficient (Wildman–Crippen LogP) is 0.256. The normalized spacial score (nSPS) is 24.9. The highest BCUT2D eigenvalue weighted by Gasteiger charge is 2.50. The third-order valence-electron chi connectivity index (χ3n) is 8.74. The number of ether oxygens (including phenoxy) is 7. The van der Waals surface area contributed by atoms with Gasteiger partial charge in [0, 0.05) is 17.7 Å². The molecule has 0 radical (unpaired) electrons. The molecule has 56 heavy (non-hydrogen) atoms. The SMILES string of the molecule is COc1cc(-c2oc3cc(O)cc(O)c3c(=O)c2O[C@H]2OC(CO[C@@H]3OC=C(O)C(O)C3O)[C@H](O)C(O)C2OC(=O)c2cc(O)c(O)c(O)c2)cc(OC)c1O. The third-order valence-corrected chi connectivity index (χ3v) is 8.74. The van der Waals surface area contributed by atoms with E-state index in [1.807, 2.05) is 0 Å². The van der Waals surface area contributed by atoms with Crippen molar-refractivity contribution in [2.75, 3.05) is 20.8 Å². The van der Waals surface area contributed by atoms with Crippen molar-refractivity contribution in [2.24, 2.45) is 0 Å². The zero-order valence-corrected chi connectivity index (χ0v) is 28.9. The maximum Gasteiger partial charge on any atom is 0.339 e. The monoisotopic (exact) mass is 790 g/mol. The van der Waals surface area contributed by atoms with E-state index in [9.17, 15) is 65.8 Å². The van der Waals surface area contributed by atoms with Crippen molar-refractivity contribution in [1.29, 1.82) is 0 Å². The summed E-state index contributed by atoms with van der Waals surface area (Å²) in [7, 11) is 2.41. The number of carbonyl (C=O) groups excluding carboxylic acids is 1. The zero-order chi connectivity index (χ0) is 40.7. The topological polar surface area (TPSA) is 334 Å². The van der Waals surface area contributed by atoms with Crippen LogP contribution in [0.2, 0.25) is 0 Å². The molecular weight excluding hydrogens is 756 g/mol. The standard InChI is InChI=1S/C35H34O21/c1-49-19-5-11(6-20(50-2)25(19)43)30-31(27(45)22-14(37)7-13(36)8-18(22)53-30)56-35-32(55-33(48)12-3-15(38)23(41)16(39)4-12)28(46)26(44)21(54-35)10-52-34-29(47)24(42)17(40)9-51-34/h3-9,21,24,26,28-29,32,34-44,46-47H,10H2,1-2H3/t21?,24?,26-,28?,29?,32?,34-,35+/m0/s1. The van der Waals surface area contributed by atoms with Crippen molar-refractivity contribution in [1.82, 2.24) is 0 Å². The molecule has 300 valence electrons. The van der Waals surface area contributed by atoms with E-state index in [1.165, 1.54) is 26.4 Å². The molecular formula is C35H34O21. The number of aliphatic hydroxyl groups excluding tert-OH is 5. The Balaban J connectivity index is 1.46. The fourth-order valence-corrected chi connectivity index (χ4v) is 5.82. The first-order chi connectivity index (χ1) is 26.5. The van der Waals surface area contributed by atoms with E-state index in [2.05, 4.69) is 0 Å². The highest BCUT2D eigenvalue weighted by Crippen LogP contribution is 2.44. The Kier molecular flexibility index (Phi) is 10.8. The molecule has 3 heterocycles. The number of phenols is 6. The second-order valence-electron chi connectivity index (χ2n) is 12.3. The minimum Gasteiger partial charge on any atom is -0.508 e. The summed E-state index contributed by atoms with van der Waals surface area (Å²) in [5, 5.41) is 113. The summed E-state index contributed by atoms with van der Waals surface area (Å²) in [6, 6.07) is 5.58. The molecule has 1 fully saturated rings. The number of rotatable bonds is 10. The average molecular weight is 791 g/mol. The molecule has 4 aromatic rings. The first-order valence-corrected chi connectivity index (χ1v) is 16.2. The van der Waals surface area contributed by atoms with E-state index in [0.717, 1.165) is 12.1 Å². The fraction of sp³-hybridized carbons (Fsp3) is 0.314. The van der Waals surface area contributed by atoms with Gasteiger partial charge in [-0.2, -0.15) is 0 Å². The van der Waals surface area contributed by atoms with E-state index >= 15 is 0 Å². The molecule has 0 amide bonds. The molecule has 0 bridgehead atoms. The Bertz CT molecular complexity index is 2180. The quantitative estimate of drug-likeness (QED) is 0.0758. The number of phenolic OH excluding ortho intramolecular Hbond substituents is 6. The van der Waals surface area contributed by atoms with E-state index in [-0.39, 0.29) is 22.6 Å². The van der Waals surface area contributed by atoms with Crippen LogP contribution in [0.25, 0.3) is 22.3 Å². The van der Waals surface area contributed by atoms with E-state index < -0.39 is 130 Å². The lowest BCUT2D eigenvalue weighted by atomic mass is 9.98. The minimum absolute atomic E-state index is 0.0912. The van der Waals surface area contributed by atoms with Crippen molar-refractivity contribution in [3.8, 4) is 63.1 Å². The number of fused-ring (bicyclic) bond motifs is 1. The molecule has 0 spiro atoms. The van der Waals surface area contributed by atoms with Gasteiger partial charge in [0.25, 0.3) is 0 Å². The van der Waals surface area contributed by atoms with Crippen molar-refractivity contribution in [3.05, 3.63) is 64.2 Å². The highest BCUT2D eigenvalue weighted by molar-refractivity contribution is 5.91. The molecule has 5 unspecified atom stereocenters. The van der Waals surface area contributed by atoms with Gasteiger partial charge in [-0.25, -0.2) is 4.79 Å². The number of benzene rings is 3. The summed E-state index contributed by atoms with van der Waals surface area (Å²) in [5.41, 5.74) is -2.19. The van der Waals surface area contributed by atoms with Crippen LogP contribution in [0, 0.1) is 0 Å². The van der Waals surface area contributed by atoms with Gasteiger partial charge in [0.1, 0.15) is 59.3 Å². The van der Waals surface area contributed by atoms with Crippen LogP contribution in [-0.4, -0.2) is 132 Å². The zero-order valence-electron chi connectivity index (χ0n) is 28.9. The summed E-state index contributed by atoms with van der Waals surface area (Å²) in [6.07, 6.45) is -14.8. The maximum absolute atomic E-state index is 14.2. The fourth-order valence-electron chi connectivity index (χ4n) is 5.82. The van der Waals surface area contributed by atoms with Crippen LogP contribution in [0.3, 0.4) is 0 Å². The Labute approximate surface area is 312 Å². The summed E-state index contributed by atoms with van der Waals surface area (Å²) < 4.78 is 44.2. The molecule has 0 saturated carbocycles. The van der Waals surface area contributed by atoms with Gasteiger partial charge in [-0.3, -0.25) is 4.79 Å². The van der Waals surface area contributed by atoms with Crippen molar-refractivity contribution in [2.45, 2.75) is 49.2 Å². The molecule has 1 saturated heterocycles. The van der Waals surface area contributed by atoms with Gasteiger partial charge in [-0.15, -0.1) is 0 Å². The minimum atomic E-state index is -2.17. The lowest BCUT2D eigenvalue weighted by Crippen LogP contribution is -2.62. The van der Waals surface area contributed by atoms with Crippen molar-refractivity contribution < 1.29 is 98.5 Å². The van der Waals surface area contributed by atoms with Crippen molar-refractivity contribution >= 4 is 16.9 Å². The largest absolute Gasteiger partial charge is 0.508 e. The van der Waals surface area contributed by atoms with Gasteiger partial charge in [0.2, 0.25) is 29.5 Å². The Hall–Kier alpha value is -6.36. The number of aromatic hydroxyl groups is 6. The van der Waals surface area contributed by atoms with Crippen LogP contribution in [-0.2, 0) is 18.9 Å². The number of hydrogen-bond donors (Lipinski definition) is 11. The molecule has 11 N–H and O–H groups in total. The van der Waals surface area contributed by atoms with Crippen LogP contribution < -0.4 is 19.6 Å². The molecule has 6 rings (SSSR count). The Morgan fingerprint density at radius 2 is 1.41 bits per heavy atom. The van der Waals surface area contributed by atoms with Gasteiger partial charge in [0.05, 0.1) is 26.4 Å². The van der Waals surface area contributed by atoms with E-state index in [0.29, 0.717) is 18.4 Å². The molecule has 1 aromatic heterocycles. The number of esters is 1. The predicted molar refractivity (Wildman–Crippen MR) is 182 cm³/mol. The number of methoxy groups -OCH3 is 2. The second-order valence-corrected chi connectivity index (χ2v) is 12.3. The van der Waals surface area contributed by atoms with E-state index in [1.54, 1.807) is 0 Å². The molecule has 2 aliphatic rings. The first kappa shape index (κ1) is 39.3. The highest BCUT2D eigenvalue weighted by atomic mass is 16.7. The van der Waals surface area contributed by atoms with Crippen molar-refractivity contribution in [3.63, 3.8) is 0 Å². The number of aliphatic hydroxyl groups is 5. The van der Waals surface area contributed by atoms with Gasteiger partial charge in [-0.05, 0) is 24.3 Å². The first-order valence-electron chi connectivity index (χ1n) is 16.2. The maximum atomic E-state index is 14.2. The van der Waals surface area contributed by atoms with Crippen LogP contribution >= 0.6 is 0 Å². The summed E-state index contributed by atoms with van der Waals surface area (Å²) in [5.74, 6) is -8.42. The molecule has 3 aromatic carbocycles. The average Bonchev–Trinajstić information content (AvgIpc) is 3.16. The summed E-state index contributed by atoms with van der Waals surface area (Å²) in [4.78, 5) is 27.5. The second kappa shape index (κ2) is 15.4. The molecule has 2 aliphatic heterocycles. The third kappa shape index (κ3) is 7.24. The Morgan fingerprint density at radius 3 is 2.04 bits per heavy atom. The Morgan fingerprint density at radius 1 is 0.768 bits per heavy atom. The lowest BCUT2D eigenvalue weighted by Gasteiger charge is -2.42. The number of hydrogen-bond acceptors (Lipinski definition) is 21. The number of carbonyl (C=O) groups is 1. The molecule has 8 atom stereocenters. The van der Waals surface area contributed by atoms with Crippen LogP contribution in [0.4, 0.5) is 0 Å². The van der Waals surface area contributed by atoms with Crippen LogP contribution in [0.1, 0.15) is 10.4 Å². The summed E-state index contributed by atoms with van der Waals surface area (Å²) in [6.45, 7) is -0.771. The summed E-state index contributed by atoms with van der Waals surface area (Å²) >= 11 is 0. The van der Waals surface area contributed by atoms with Crippen LogP contribution in [0.15, 0.2) is 57.6 Å². The molecule has 21 heteroatoms. The lowest BCUT2D eigenvalue weighted by molar-refractivity contribution is -0.292. The van der Waals surface area contributed by atoms with Gasteiger partial charge < -0.3 is 93.7 Å². The smallest absolute Gasteiger partial charge is 0.339 e. The van der Waals surface area contributed by atoms with Gasteiger partial charge in [-0.1, -0.05) is 0 Å². The van der Waals surface area contributed by atoms with Crippen LogP contribution in [0.5, 0.6) is 51.7 Å².